The van der Waals surface area contributed by atoms with Crippen molar-refractivity contribution in [2.24, 2.45) is 0 Å². The van der Waals surface area contributed by atoms with Crippen molar-refractivity contribution in [1.82, 2.24) is 15.2 Å². The van der Waals surface area contributed by atoms with Crippen molar-refractivity contribution < 1.29 is 14.3 Å². The Bertz CT molecular complexity index is 790. The summed E-state index contributed by atoms with van der Waals surface area (Å²) in [7, 11) is 3.61. The Hall–Kier alpha value is -2.45. The van der Waals surface area contributed by atoms with Crippen LogP contribution in [-0.2, 0) is 29.1 Å². The minimum Gasteiger partial charge on any atom is -0.496 e. The first-order chi connectivity index (χ1) is 12.1. The van der Waals surface area contributed by atoms with Crippen LogP contribution in [0.3, 0.4) is 0 Å². The van der Waals surface area contributed by atoms with Crippen LogP contribution in [0.4, 0.5) is 5.13 Å². The van der Waals surface area contributed by atoms with Gasteiger partial charge in [-0.05, 0) is 13.1 Å². The Labute approximate surface area is 150 Å². The van der Waals surface area contributed by atoms with E-state index in [1.807, 2.05) is 25.2 Å². The number of ether oxygens (including phenoxy) is 1. The number of amides is 2. The largest absolute Gasteiger partial charge is 0.496 e. The number of nitrogens with zero attached hydrogens (tertiary/aromatic N) is 2. The average Bonchev–Trinajstić information content (AvgIpc) is 3.01. The minimum atomic E-state index is -0.714. The molecule has 0 unspecified atom stereocenters. The van der Waals surface area contributed by atoms with Crippen LogP contribution in [0.1, 0.15) is 16.1 Å². The van der Waals surface area contributed by atoms with Gasteiger partial charge in [0.25, 0.3) is 0 Å². The topological polar surface area (TPSA) is 83.6 Å². The molecule has 1 aliphatic heterocycles. The number of hydrogen-bond donors (Lipinski definition) is 2. The molecule has 1 aliphatic rings. The molecule has 2 aromatic rings. The van der Waals surface area contributed by atoms with Crippen molar-refractivity contribution in [2.45, 2.75) is 19.5 Å². The molecule has 0 saturated heterocycles. The second-order valence-corrected chi connectivity index (χ2v) is 6.91. The Balaban J connectivity index is 1.57. The molecule has 0 radical (unpaired) electrons. The number of methoxy groups -OCH3 is 1. The van der Waals surface area contributed by atoms with E-state index in [2.05, 4.69) is 20.5 Å². The number of aromatic nitrogens is 1. The first-order valence-corrected chi connectivity index (χ1v) is 8.76. The maximum absolute atomic E-state index is 12.1. The summed E-state index contributed by atoms with van der Waals surface area (Å²) in [5.74, 6) is -0.745. The van der Waals surface area contributed by atoms with E-state index in [9.17, 15) is 9.59 Å². The second kappa shape index (κ2) is 7.62. The smallest absolute Gasteiger partial charge is 0.315 e. The van der Waals surface area contributed by atoms with Crippen LogP contribution in [0.25, 0.3) is 0 Å². The predicted molar refractivity (Wildman–Crippen MR) is 95.6 cm³/mol. The summed E-state index contributed by atoms with van der Waals surface area (Å²) in [6.07, 6.45) is 0.859. The first kappa shape index (κ1) is 17.4. The fourth-order valence-electron chi connectivity index (χ4n) is 2.64. The van der Waals surface area contributed by atoms with Gasteiger partial charge in [0, 0.05) is 36.5 Å². The molecule has 2 amide bonds. The van der Waals surface area contributed by atoms with Crippen molar-refractivity contribution >= 4 is 28.3 Å². The highest BCUT2D eigenvalue weighted by Crippen LogP contribution is 2.27. The number of thiazole rings is 1. The SMILES string of the molecule is COc1ccccc1CNC(=O)C(=O)Nc1nc2c(s1)CN(C)CC2. The van der Waals surface area contributed by atoms with Gasteiger partial charge in [0.15, 0.2) is 5.13 Å². The van der Waals surface area contributed by atoms with Gasteiger partial charge in [0.1, 0.15) is 5.75 Å². The van der Waals surface area contributed by atoms with Gasteiger partial charge in [-0.1, -0.05) is 18.2 Å². The normalized spacial score (nSPS) is 13.8. The molecule has 0 atom stereocenters. The summed E-state index contributed by atoms with van der Waals surface area (Å²) in [5.41, 5.74) is 1.81. The summed E-state index contributed by atoms with van der Waals surface area (Å²) < 4.78 is 5.22. The summed E-state index contributed by atoms with van der Waals surface area (Å²) in [6, 6.07) is 7.33. The number of nitrogens with one attached hydrogen (secondary N) is 2. The first-order valence-electron chi connectivity index (χ1n) is 7.95. The zero-order chi connectivity index (χ0) is 17.8. The molecule has 1 aromatic carbocycles. The van der Waals surface area contributed by atoms with E-state index in [0.717, 1.165) is 35.6 Å². The Morgan fingerprint density at radius 3 is 2.92 bits per heavy atom. The molecule has 0 saturated carbocycles. The van der Waals surface area contributed by atoms with Crippen molar-refractivity contribution in [3.8, 4) is 5.75 Å². The van der Waals surface area contributed by atoms with Crippen molar-refractivity contribution in [3.05, 3.63) is 40.4 Å². The maximum Gasteiger partial charge on any atom is 0.315 e. The number of anilines is 1. The lowest BCUT2D eigenvalue weighted by atomic mass is 10.2. The molecule has 25 heavy (non-hydrogen) atoms. The van der Waals surface area contributed by atoms with Crippen LogP contribution >= 0.6 is 11.3 Å². The summed E-state index contributed by atoms with van der Waals surface area (Å²) >= 11 is 1.42. The van der Waals surface area contributed by atoms with Crippen LogP contribution in [0.15, 0.2) is 24.3 Å². The van der Waals surface area contributed by atoms with Gasteiger partial charge in [-0.3, -0.25) is 14.9 Å². The zero-order valence-corrected chi connectivity index (χ0v) is 15.0. The maximum atomic E-state index is 12.1. The molecule has 0 bridgehead atoms. The highest BCUT2D eigenvalue weighted by atomic mass is 32.1. The summed E-state index contributed by atoms with van der Waals surface area (Å²) in [5, 5.41) is 5.66. The molecule has 1 aromatic heterocycles. The van der Waals surface area contributed by atoms with Crippen LogP contribution in [0.2, 0.25) is 0 Å². The number of fused-ring (bicyclic) bond motifs is 1. The van der Waals surface area contributed by atoms with Gasteiger partial charge >= 0.3 is 11.8 Å². The number of likely N-dealkylation sites (N-methyl/N-ethyl adjacent to an activating group) is 1. The van der Waals surface area contributed by atoms with Crippen molar-refractivity contribution in [3.63, 3.8) is 0 Å². The van der Waals surface area contributed by atoms with Crippen molar-refractivity contribution in [2.75, 3.05) is 26.0 Å². The summed E-state index contributed by atoms with van der Waals surface area (Å²) in [6.45, 7) is 1.99. The number of para-hydroxylation sites is 1. The fraction of sp³-hybridized carbons (Fsp3) is 0.353. The van der Waals surface area contributed by atoms with E-state index in [4.69, 9.17) is 4.74 Å². The van der Waals surface area contributed by atoms with E-state index < -0.39 is 11.8 Å². The Morgan fingerprint density at radius 1 is 1.32 bits per heavy atom. The number of carbonyl (C=O) groups excluding carboxylic acids is 2. The molecule has 2 heterocycles. The molecule has 3 rings (SSSR count). The summed E-state index contributed by atoms with van der Waals surface area (Å²) in [4.78, 5) is 31.8. The number of hydrogen-bond acceptors (Lipinski definition) is 6. The highest BCUT2D eigenvalue weighted by molar-refractivity contribution is 7.16. The highest BCUT2D eigenvalue weighted by Gasteiger charge is 2.21. The number of benzene rings is 1. The molecule has 2 N–H and O–H groups in total. The van der Waals surface area contributed by atoms with Crippen LogP contribution in [0, 0.1) is 0 Å². The minimum absolute atomic E-state index is 0.218. The third kappa shape index (κ3) is 4.15. The lowest BCUT2D eigenvalue weighted by molar-refractivity contribution is -0.136. The van der Waals surface area contributed by atoms with Crippen LogP contribution in [-0.4, -0.2) is 42.4 Å². The van der Waals surface area contributed by atoms with Gasteiger partial charge in [0.2, 0.25) is 0 Å². The van der Waals surface area contributed by atoms with E-state index >= 15 is 0 Å². The van der Waals surface area contributed by atoms with Crippen LogP contribution < -0.4 is 15.4 Å². The van der Waals surface area contributed by atoms with Gasteiger partial charge < -0.3 is 15.0 Å². The average molecular weight is 360 g/mol. The second-order valence-electron chi connectivity index (χ2n) is 5.83. The Morgan fingerprint density at radius 2 is 2.12 bits per heavy atom. The lowest BCUT2D eigenvalue weighted by Crippen LogP contribution is -2.35. The molecule has 8 heteroatoms. The van der Waals surface area contributed by atoms with Gasteiger partial charge in [-0.15, -0.1) is 11.3 Å². The fourth-order valence-corrected chi connectivity index (χ4v) is 3.72. The molecule has 132 valence electrons. The number of rotatable bonds is 4. The van der Waals surface area contributed by atoms with E-state index in [1.54, 1.807) is 13.2 Å². The monoisotopic (exact) mass is 360 g/mol. The molecular weight excluding hydrogens is 340 g/mol. The third-order valence-electron chi connectivity index (χ3n) is 3.98. The molecular formula is C17H20N4O3S. The lowest BCUT2D eigenvalue weighted by Gasteiger charge is -2.20. The van der Waals surface area contributed by atoms with Crippen LogP contribution in [0.5, 0.6) is 5.75 Å². The molecule has 0 fully saturated rings. The van der Waals surface area contributed by atoms with E-state index in [0.29, 0.717) is 10.9 Å². The van der Waals surface area contributed by atoms with E-state index in [-0.39, 0.29) is 6.54 Å². The van der Waals surface area contributed by atoms with Gasteiger partial charge in [-0.25, -0.2) is 4.98 Å². The quantitative estimate of drug-likeness (QED) is 0.805. The van der Waals surface area contributed by atoms with E-state index in [1.165, 1.54) is 11.3 Å². The zero-order valence-electron chi connectivity index (χ0n) is 14.2. The van der Waals surface area contributed by atoms with Crippen molar-refractivity contribution in [1.29, 1.82) is 0 Å². The molecule has 7 nitrogen and oxygen atoms in total. The third-order valence-corrected chi connectivity index (χ3v) is 4.98. The Kier molecular flexibility index (Phi) is 5.30. The molecule has 0 aliphatic carbocycles. The predicted octanol–water partition coefficient (Wildman–Crippen LogP) is 1.39. The van der Waals surface area contributed by atoms with Gasteiger partial charge in [-0.2, -0.15) is 0 Å². The van der Waals surface area contributed by atoms with Gasteiger partial charge in [0.05, 0.1) is 12.8 Å². The standard InChI is InChI=1S/C17H20N4O3S/c1-21-8-7-12-14(10-21)25-17(19-12)20-16(23)15(22)18-9-11-5-3-4-6-13(11)24-2/h3-6H,7-10H2,1-2H3,(H,18,22)(H,19,20,23). The molecule has 0 spiro atoms. The number of carbonyl (C=O) groups is 2.